The van der Waals surface area contributed by atoms with Crippen LogP contribution in [0.5, 0.6) is 0 Å². The maximum absolute atomic E-state index is 12.8. The van der Waals surface area contributed by atoms with E-state index < -0.39 is 10.0 Å². The van der Waals surface area contributed by atoms with E-state index in [1.807, 2.05) is 13.0 Å². The summed E-state index contributed by atoms with van der Waals surface area (Å²) in [5.41, 5.74) is 1.04. The van der Waals surface area contributed by atoms with Crippen LogP contribution >= 0.6 is 15.9 Å². The minimum atomic E-state index is -3.39. The van der Waals surface area contributed by atoms with Gasteiger partial charge in [-0.3, -0.25) is 4.90 Å². The Hall–Kier alpha value is -0.470. The third-order valence-corrected chi connectivity index (χ3v) is 7.29. The number of benzene rings is 1. The molecule has 2 heterocycles. The molecule has 0 spiro atoms. The second-order valence-corrected chi connectivity index (χ2v) is 8.79. The van der Waals surface area contributed by atoms with Gasteiger partial charge >= 0.3 is 0 Å². The number of nitrogens with zero attached hydrogens (tertiary/aromatic N) is 2. The predicted molar refractivity (Wildman–Crippen MR) is 90.5 cm³/mol. The molecule has 122 valence electrons. The largest absolute Gasteiger partial charge is 0.314 e. The van der Waals surface area contributed by atoms with Crippen LogP contribution in [0.3, 0.4) is 0 Å². The van der Waals surface area contributed by atoms with Gasteiger partial charge in [-0.1, -0.05) is 22.0 Å². The van der Waals surface area contributed by atoms with Crippen molar-refractivity contribution in [1.29, 1.82) is 0 Å². The van der Waals surface area contributed by atoms with E-state index in [4.69, 9.17) is 0 Å². The number of aryl methyl sites for hydroxylation is 1. The SMILES string of the molecule is Cc1ccc(S(=O)(=O)N2CCC(N3CCNCC3)C2)cc1Br. The average Bonchev–Trinajstić information content (AvgIpc) is 3.01. The Kier molecular flexibility index (Phi) is 4.89. The van der Waals surface area contributed by atoms with E-state index in [1.165, 1.54) is 0 Å². The molecule has 1 N–H and O–H groups in total. The van der Waals surface area contributed by atoms with Crippen molar-refractivity contribution >= 4 is 26.0 Å². The Labute approximate surface area is 140 Å². The molecular weight excluding hydrogens is 366 g/mol. The van der Waals surface area contributed by atoms with Gasteiger partial charge in [0.25, 0.3) is 0 Å². The summed E-state index contributed by atoms with van der Waals surface area (Å²) in [6.45, 7) is 7.18. The van der Waals surface area contributed by atoms with Crippen molar-refractivity contribution in [3.8, 4) is 0 Å². The summed E-state index contributed by atoms with van der Waals surface area (Å²) in [6.07, 6.45) is 0.923. The summed E-state index contributed by atoms with van der Waals surface area (Å²) >= 11 is 3.42. The van der Waals surface area contributed by atoms with E-state index in [9.17, 15) is 8.42 Å². The van der Waals surface area contributed by atoms with Gasteiger partial charge in [-0.2, -0.15) is 4.31 Å². The molecule has 2 aliphatic rings. The summed E-state index contributed by atoms with van der Waals surface area (Å²) in [5.74, 6) is 0. The number of hydrogen-bond donors (Lipinski definition) is 1. The van der Waals surface area contributed by atoms with E-state index in [-0.39, 0.29) is 0 Å². The third kappa shape index (κ3) is 3.23. The Bertz CT molecular complexity index is 644. The zero-order valence-corrected chi connectivity index (χ0v) is 15.2. The van der Waals surface area contributed by atoms with Gasteiger partial charge in [0.15, 0.2) is 0 Å². The lowest BCUT2D eigenvalue weighted by molar-refractivity contribution is 0.179. The van der Waals surface area contributed by atoms with Crippen molar-refractivity contribution in [3.63, 3.8) is 0 Å². The summed E-state index contributed by atoms with van der Waals surface area (Å²) < 4.78 is 28.1. The number of halogens is 1. The second-order valence-electron chi connectivity index (χ2n) is 6.00. The zero-order valence-electron chi connectivity index (χ0n) is 12.8. The molecule has 0 radical (unpaired) electrons. The van der Waals surface area contributed by atoms with Crippen LogP contribution in [0.25, 0.3) is 0 Å². The zero-order chi connectivity index (χ0) is 15.7. The summed E-state index contributed by atoms with van der Waals surface area (Å²) in [7, 11) is -3.39. The molecule has 5 nitrogen and oxygen atoms in total. The lowest BCUT2D eigenvalue weighted by Gasteiger charge is -2.32. The molecule has 2 aliphatic heterocycles. The maximum Gasteiger partial charge on any atom is 0.243 e. The van der Waals surface area contributed by atoms with Crippen LogP contribution in [-0.4, -0.2) is 62.9 Å². The number of hydrogen-bond acceptors (Lipinski definition) is 4. The quantitative estimate of drug-likeness (QED) is 0.851. The lowest BCUT2D eigenvalue weighted by Crippen LogP contribution is -2.49. The van der Waals surface area contributed by atoms with Crippen molar-refractivity contribution in [2.75, 3.05) is 39.3 Å². The molecule has 2 saturated heterocycles. The number of sulfonamides is 1. The Morgan fingerprint density at radius 1 is 1.23 bits per heavy atom. The van der Waals surface area contributed by atoms with Crippen LogP contribution in [0.4, 0.5) is 0 Å². The van der Waals surface area contributed by atoms with Gasteiger partial charge in [0.2, 0.25) is 10.0 Å². The van der Waals surface area contributed by atoms with Crippen molar-refractivity contribution in [2.45, 2.75) is 24.3 Å². The molecular formula is C15H22BrN3O2S. The smallest absolute Gasteiger partial charge is 0.243 e. The Morgan fingerprint density at radius 2 is 1.95 bits per heavy atom. The fourth-order valence-electron chi connectivity index (χ4n) is 3.16. The van der Waals surface area contributed by atoms with Crippen molar-refractivity contribution < 1.29 is 8.42 Å². The molecule has 0 aromatic heterocycles. The molecule has 22 heavy (non-hydrogen) atoms. The summed E-state index contributed by atoms with van der Waals surface area (Å²) in [6, 6.07) is 5.61. The monoisotopic (exact) mass is 387 g/mol. The molecule has 0 aliphatic carbocycles. The van der Waals surface area contributed by atoms with Gasteiger partial charge in [0.05, 0.1) is 4.90 Å². The molecule has 1 atom stereocenters. The molecule has 3 rings (SSSR count). The molecule has 1 aromatic carbocycles. The van der Waals surface area contributed by atoms with Crippen LogP contribution < -0.4 is 5.32 Å². The highest BCUT2D eigenvalue weighted by molar-refractivity contribution is 9.10. The average molecular weight is 388 g/mol. The van der Waals surface area contributed by atoms with Crippen LogP contribution in [0.1, 0.15) is 12.0 Å². The molecule has 0 amide bonds. The second kappa shape index (κ2) is 6.57. The van der Waals surface area contributed by atoms with Gasteiger partial charge < -0.3 is 5.32 Å². The molecule has 7 heteroatoms. The van der Waals surface area contributed by atoms with E-state index in [1.54, 1.807) is 16.4 Å². The van der Waals surface area contributed by atoms with Gasteiger partial charge in [-0.25, -0.2) is 8.42 Å². The standard InChI is InChI=1S/C15H22BrN3O2S/c1-12-2-3-14(10-15(12)16)22(20,21)19-7-4-13(11-19)18-8-5-17-6-9-18/h2-3,10,13,17H,4-9,11H2,1H3. The molecule has 1 aromatic rings. The van der Waals surface area contributed by atoms with Crippen LogP contribution in [-0.2, 0) is 10.0 Å². The number of nitrogens with one attached hydrogen (secondary N) is 1. The fourth-order valence-corrected chi connectivity index (χ4v) is 5.21. The summed E-state index contributed by atoms with van der Waals surface area (Å²) in [4.78, 5) is 2.79. The van der Waals surface area contributed by atoms with Gasteiger partial charge in [0, 0.05) is 49.8 Å². The Balaban J connectivity index is 1.74. The first kappa shape index (κ1) is 16.4. The van der Waals surface area contributed by atoms with Crippen LogP contribution in [0.2, 0.25) is 0 Å². The number of rotatable bonds is 3. The van der Waals surface area contributed by atoms with Gasteiger partial charge in [-0.05, 0) is 31.0 Å². The van der Waals surface area contributed by atoms with Crippen molar-refractivity contribution in [2.24, 2.45) is 0 Å². The normalized spacial score (nSPS) is 24.7. The van der Waals surface area contributed by atoms with E-state index in [0.717, 1.165) is 42.6 Å². The van der Waals surface area contributed by atoms with Gasteiger partial charge in [-0.15, -0.1) is 0 Å². The lowest BCUT2D eigenvalue weighted by atomic mass is 10.2. The minimum Gasteiger partial charge on any atom is -0.314 e. The van der Waals surface area contributed by atoms with E-state index >= 15 is 0 Å². The van der Waals surface area contributed by atoms with Gasteiger partial charge in [0.1, 0.15) is 0 Å². The minimum absolute atomic E-state index is 0.353. The summed E-state index contributed by atoms with van der Waals surface area (Å²) in [5, 5.41) is 3.34. The Morgan fingerprint density at radius 3 is 2.64 bits per heavy atom. The predicted octanol–water partition coefficient (Wildman–Crippen LogP) is 1.43. The van der Waals surface area contributed by atoms with E-state index in [0.29, 0.717) is 24.0 Å². The van der Waals surface area contributed by atoms with Crippen molar-refractivity contribution in [3.05, 3.63) is 28.2 Å². The fraction of sp³-hybridized carbons (Fsp3) is 0.600. The first-order chi connectivity index (χ1) is 10.5. The molecule has 1 unspecified atom stereocenters. The van der Waals surface area contributed by atoms with Crippen LogP contribution in [0.15, 0.2) is 27.6 Å². The first-order valence-corrected chi connectivity index (χ1v) is 9.93. The van der Waals surface area contributed by atoms with E-state index in [2.05, 4.69) is 26.1 Å². The topological polar surface area (TPSA) is 52.7 Å². The first-order valence-electron chi connectivity index (χ1n) is 7.69. The number of piperazine rings is 1. The molecule has 2 fully saturated rings. The molecule has 0 saturated carbocycles. The van der Waals surface area contributed by atoms with Crippen LogP contribution in [0, 0.1) is 6.92 Å². The highest BCUT2D eigenvalue weighted by Crippen LogP contribution is 2.27. The third-order valence-electron chi connectivity index (χ3n) is 4.58. The molecule has 0 bridgehead atoms. The highest BCUT2D eigenvalue weighted by atomic mass is 79.9. The van der Waals surface area contributed by atoms with Crippen molar-refractivity contribution in [1.82, 2.24) is 14.5 Å². The maximum atomic E-state index is 12.8. The highest BCUT2D eigenvalue weighted by Gasteiger charge is 2.35.